The minimum Gasteiger partial charge on any atom is -0.391 e. The minimum absolute atomic E-state index is 0.0510. The Kier molecular flexibility index (Phi) is 7.07. The molecule has 6 heteroatoms. The van der Waals surface area contributed by atoms with Gasteiger partial charge >= 0.3 is 0 Å². The number of benzene rings is 2. The summed E-state index contributed by atoms with van der Waals surface area (Å²) in [6.07, 6.45) is 9.46. The SMILES string of the molecule is O=C(c1ccccc1-c1cn([C@H]2CCCCC[C@@H]2O)cn1)N1CCNC[C@H]1Cc1ccccc1. The Bertz CT molecular complexity index is 1100. The maximum atomic E-state index is 13.8. The van der Waals surface area contributed by atoms with Gasteiger partial charge in [-0.25, -0.2) is 4.98 Å². The highest BCUT2D eigenvalue weighted by Crippen LogP contribution is 2.30. The molecule has 6 nitrogen and oxygen atoms in total. The van der Waals surface area contributed by atoms with Crippen molar-refractivity contribution in [3.05, 3.63) is 78.2 Å². The second-order valence-corrected chi connectivity index (χ2v) is 9.57. The first kappa shape index (κ1) is 22.8. The van der Waals surface area contributed by atoms with Crippen molar-refractivity contribution in [3.63, 3.8) is 0 Å². The van der Waals surface area contributed by atoms with Gasteiger partial charge in [0.1, 0.15) is 0 Å². The summed E-state index contributed by atoms with van der Waals surface area (Å²) in [7, 11) is 0. The Morgan fingerprint density at radius 3 is 2.71 bits per heavy atom. The highest BCUT2D eigenvalue weighted by molar-refractivity contribution is 6.00. The number of hydrogen-bond acceptors (Lipinski definition) is 4. The molecule has 0 spiro atoms. The van der Waals surface area contributed by atoms with Crippen LogP contribution in [0, 0.1) is 0 Å². The van der Waals surface area contributed by atoms with Crippen molar-refractivity contribution >= 4 is 5.91 Å². The van der Waals surface area contributed by atoms with E-state index in [4.69, 9.17) is 0 Å². The molecule has 2 N–H and O–H groups in total. The van der Waals surface area contributed by atoms with Gasteiger partial charge in [-0.05, 0) is 30.9 Å². The Morgan fingerprint density at radius 2 is 1.82 bits per heavy atom. The molecule has 5 rings (SSSR count). The molecule has 3 atom stereocenters. The van der Waals surface area contributed by atoms with Crippen molar-refractivity contribution in [2.45, 2.75) is 56.7 Å². The fraction of sp³-hybridized carbons (Fsp3) is 0.429. The Balaban J connectivity index is 1.40. The van der Waals surface area contributed by atoms with Gasteiger partial charge in [-0.1, -0.05) is 67.8 Å². The molecule has 34 heavy (non-hydrogen) atoms. The largest absolute Gasteiger partial charge is 0.391 e. The predicted molar refractivity (Wildman–Crippen MR) is 134 cm³/mol. The van der Waals surface area contributed by atoms with E-state index in [2.05, 4.69) is 39.1 Å². The predicted octanol–water partition coefficient (Wildman–Crippen LogP) is 4.07. The van der Waals surface area contributed by atoms with Crippen molar-refractivity contribution in [1.82, 2.24) is 19.8 Å². The van der Waals surface area contributed by atoms with Crippen LogP contribution in [0.3, 0.4) is 0 Å². The van der Waals surface area contributed by atoms with Crippen LogP contribution in [0.2, 0.25) is 0 Å². The Morgan fingerprint density at radius 1 is 1.03 bits per heavy atom. The first-order valence-electron chi connectivity index (χ1n) is 12.6. The van der Waals surface area contributed by atoms with Gasteiger partial charge in [0, 0.05) is 43.0 Å². The molecular formula is C28H34N4O2. The van der Waals surface area contributed by atoms with Crippen molar-refractivity contribution in [2.75, 3.05) is 19.6 Å². The smallest absolute Gasteiger partial charge is 0.254 e. The maximum Gasteiger partial charge on any atom is 0.254 e. The fourth-order valence-corrected chi connectivity index (χ4v) is 5.42. The molecule has 178 valence electrons. The third kappa shape index (κ3) is 4.93. The summed E-state index contributed by atoms with van der Waals surface area (Å²) < 4.78 is 2.05. The lowest BCUT2D eigenvalue weighted by Crippen LogP contribution is -2.54. The average molecular weight is 459 g/mol. The molecule has 2 fully saturated rings. The van der Waals surface area contributed by atoms with E-state index in [1.165, 1.54) is 12.0 Å². The summed E-state index contributed by atoms with van der Waals surface area (Å²) in [5.74, 6) is 0.0575. The zero-order valence-corrected chi connectivity index (χ0v) is 19.6. The number of imidazole rings is 1. The van der Waals surface area contributed by atoms with Crippen LogP contribution in [0.15, 0.2) is 67.1 Å². The van der Waals surface area contributed by atoms with Gasteiger partial charge < -0.3 is 19.9 Å². The third-order valence-corrected chi connectivity index (χ3v) is 7.29. The number of carbonyl (C=O) groups is 1. The molecule has 3 aromatic rings. The molecule has 2 aromatic carbocycles. The number of amides is 1. The first-order chi connectivity index (χ1) is 16.7. The number of rotatable bonds is 5. The van der Waals surface area contributed by atoms with E-state index in [1.807, 2.05) is 47.8 Å². The maximum absolute atomic E-state index is 13.8. The molecule has 1 saturated carbocycles. The van der Waals surface area contributed by atoms with Crippen molar-refractivity contribution < 1.29 is 9.90 Å². The number of aliphatic hydroxyl groups excluding tert-OH is 1. The summed E-state index contributed by atoms with van der Waals surface area (Å²) in [5.41, 5.74) is 3.57. The first-order valence-corrected chi connectivity index (χ1v) is 12.6. The van der Waals surface area contributed by atoms with E-state index >= 15 is 0 Å². The summed E-state index contributed by atoms with van der Waals surface area (Å²) >= 11 is 0. The number of aromatic nitrogens is 2. The molecule has 1 aliphatic carbocycles. The lowest BCUT2D eigenvalue weighted by molar-refractivity contribution is 0.0636. The van der Waals surface area contributed by atoms with E-state index in [-0.39, 0.29) is 24.1 Å². The van der Waals surface area contributed by atoms with Gasteiger partial charge in [-0.2, -0.15) is 0 Å². The van der Waals surface area contributed by atoms with Crippen LogP contribution in [0.25, 0.3) is 11.3 Å². The monoisotopic (exact) mass is 458 g/mol. The summed E-state index contributed by atoms with van der Waals surface area (Å²) in [6.45, 7) is 2.28. The standard InChI is InChI=1S/C28H34N4O2/c33-27-14-6-2-5-13-26(27)31-19-25(30-20-31)23-11-7-8-12-24(23)28(34)32-16-15-29-18-22(32)17-21-9-3-1-4-10-21/h1,3-4,7-12,19-20,22,26-27,29,33H,2,5-6,13-18H2/t22-,26+,27+/m1/s1. The zero-order chi connectivity index (χ0) is 23.3. The fourth-order valence-electron chi connectivity index (χ4n) is 5.42. The second kappa shape index (κ2) is 10.5. The highest BCUT2D eigenvalue weighted by atomic mass is 16.3. The number of nitrogens with one attached hydrogen (secondary N) is 1. The van der Waals surface area contributed by atoms with E-state index in [9.17, 15) is 9.90 Å². The molecule has 1 saturated heterocycles. The number of aliphatic hydroxyl groups is 1. The molecule has 0 bridgehead atoms. The Hall–Kier alpha value is -2.96. The summed E-state index contributed by atoms with van der Waals surface area (Å²) in [5, 5.41) is 14.1. The lowest BCUT2D eigenvalue weighted by atomic mass is 9.99. The van der Waals surface area contributed by atoms with Gasteiger partial charge in [0.15, 0.2) is 0 Å². The summed E-state index contributed by atoms with van der Waals surface area (Å²) in [6, 6.07) is 18.3. The number of nitrogens with zero attached hydrogens (tertiary/aromatic N) is 3. The molecule has 1 aromatic heterocycles. The van der Waals surface area contributed by atoms with Crippen LogP contribution >= 0.6 is 0 Å². The van der Waals surface area contributed by atoms with Crippen LogP contribution < -0.4 is 5.32 Å². The quantitative estimate of drug-likeness (QED) is 0.566. The minimum atomic E-state index is -0.346. The zero-order valence-electron chi connectivity index (χ0n) is 19.6. The third-order valence-electron chi connectivity index (χ3n) is 7.29. The molecule has 1 amide bonds. The van der Waals surface area contributed by atoms with Crippen LogP contribution in [0.1, 0.15) is 54.1 Å². The molecule has 1 aliphatic heterocycles. The van der Waals surface area contributed by atoms with Gasteiger partial charge in [0.2, 0.25) is 0 Å². The second-order valence-electron chi connectivity index (χ2n) is 9.57. The average Bonchev–Trinajstić information content (AvgIpc) is 3.26. The van der Waals surface area contributed by atoms with Gasteiger partial charge in [-0.15, -0.1) is 0 Å². The molecule has 0 unspecified atom stereocenters. The van der Waals surface area contributed by atoms with Gasteiger partial charge in [0.25, 0.3) is 5.91 Å². The van der Waals surface area contributed by atoms with E-state index in [0.717, 1.165) is 56.5 Å². The molecule has 2 heterocycles. The normalized spacial score (nSPS) is 23.4. The topological polar surface area (TPSA) is 70.4 Å². The van der Waals surface area contributed by atoms with Crippen LogP contribution in [-0.2, 0) is 6.42 Å². The number of piperazine rings is 1. The molecule has 0 radical (unpaired) electrons. The van der Waals surface area contributed by atoms with Crippen LogP contribution in [-0.4, -0.2) is 57.2 Å². The van der Waals surface area contributed by atoms with E-state index in [1.54, 1.807) is 0 Å². The lowest BCUT2D eigenvalue weighted by Gasteiger charge is -2.37. The van der Waals surface area contributed by atoms with Crippen molar-refractivity contribution in [3.8, 4) is 11.3 Å². The van der Waals surface area contributed by atoms with Gasteiger partial charge in [0.05, 0.1) is 24.2 Å². The van der Waals surface area contributed by atoms with Crippen molar-refractivity contribution in [1.29, 1.82) is 0 Å². The Labute approximate surface area is 201 Å². The highest BCUT2D eigenvalue weighted by Gasteiger charge is 2.30. The molecule has 2 aliphatic rings. The summed E-state index contributed by atoms with van der Waals surface area (Å²) in [4.78, 5) is 20.5. The van der Waals surface area contributed by atoms with E-state index in [0.29, 0.717) is 12.1 Å². The van der Waals surface area contributed by atoms with Crippen LogP contribution in [0.5, 0.6) is 0 Å². The van der Waals surface area contributed by atoms with Crippen LogP contribution in [0.4, 0.5) is 0 Å². The number of carbonyl (C=O) groups excluding carboxylic acids is 1. The van der Waals surface area contributed by atoms with Gasteiger partial charge in [-0.3, -0.25) is 4.79 Å². The molecular weight excluding hydrogens is 424 g/mol. The van der Waals surface area contributed by atoms with E-state index < -0.39 is 0 Å². The number of hydrogen-bond donors (Lipinski definition) is 2. The van der Waals surface area contributed by atoms with Crippen molar-refractivity contribution in [2.24, 2.45) is 0 Å².